The van der Waals surface area contributed by atoms with Crippen molar-refractivity contribution in [2.45, 2.75) is 11.3 Å². The predicted molar refractivity (Wildman–Crippen MR) is 72.3 cm³/mol. The molecule has 0 aliphatic carbocycles. The standard InChI is InChI=1S/C11H15N3OS2/c1-4-6-14(7-5-2)10(15)8-16-11-13-12-9(3)17-11/h4-5H,1-2,6-8H2,3H3. The van der Waals surface area contributed by atoms with Crippen LogP contribution in [0.4, 0.5) is 0 Å². The first-order chi connectivity index (χ1) is 8.17. The second-order valence-electron chi connectivity index (χ2n) is 3.25. The van der Waals surface area contributed by atoms with Gasteiger partial charge in [-0.05, 0) is 6.92 Å². The number of carbonyl (C=O) groups excluding carboxylic acids is 1. The lowest BCUT2D eigenvalue weighted by Crippen LogP contribution is -2.32. The maximum Gasteiger partial charge on any atom is 0.233 e. The van der Waals surface area contributed by atoms with E-state index in [1.54, 1.807) is 17.1 Å². The fourth-order valence-electron chi connectivity index (χ4n) is 1.14. The van der Waals surface area contributed by atoms with Crippen LogP contribution in [0.15, 0.2) is 29.6 Å². The van der Waals surface area contributed by atoms with Crippen molar-refractivity contribution in [2.75, 3.05) is 18.8 Å². The average Bonchev–Trinajstić information content (AvgIpc) is 2.72. The molecule has 0 aromatic carbocycles. The number of aromatic nitrogens is 2. The van der Waals surface area contributed by atoms with Crippen LogP contribution in [0.2, 0.25) is 0 Å². The lowest BCUT2D eigenvalue weighted by atomic mass is 10.4. The summed E-state index contributed by atoms with van der Waals surface area (Å²) in [6.45, 7) is 10.2. The molecule has 0 saturated heterocycles. The van der Waals surface area contributed by atoms with Crippen LogP contribution < -0.4 is 0 Å². The lowest BCUT2D eigenvalue weighted by molar-refractivity contribution is -0.127. The summed E-state index contributed by atoms with van der Waals surface area (Å²) in [4.78, 5) is 13.6. The van der Waals surface area contributed by atoms with Crippen molar-refractivity contribution in [1.29, 1.82) is 0 Å². The Labute approximate surface area is 109 Å². The van der Waals surface area contributed by atoms with E-state index >= 15 is 0 Å². The Hall–Kier alpha value is -1.14. The highest BCUT2D eigenvalue weighted by molar-refractivity contribution is 8.01. The minimum atomic E-state index is 0.0580. The van der Waals surface area contributed by atoms with Gasteiger partial charge in [-0.15, -0.1) is 23.4 Å². The summed E-state index contributed by atoms with van der Waals surface area (Å²) in [6.07, 6.45) is 3.42. The Morgan fingerprint density at radius 2 is 2.06 bits per heavy atom. The molecule has 92 valence electrons. The molecule has 0 spiro atoms. The molecular formula is C11H15N3OS2. The van der Waals surface area contributed by atoms with Crippen LogP contribution in [0, 0.1) is 6.92 Å². The Morgan fingerprint density at radius 1 is 1.41 bits per heavy atom. The topological polar surface area (TPSA) is 46.1 Å². The molecule has 0 radical (unpaired) electrons. The van der Waals surface area contributed by atoms with Crippen molar-refractivity contribution in [1.82, 2.24) is 15.1 Å². The first kappa shape index (κ1) is 13.9. The van der Waals surface area contributed by atoms with Gasteiger partial charge < -0.3 is 4.90 Å². The van der Waals surface area contributed by atoms with E-state index in [-0.39, 0.29) is 5.91 Å². The second kappa shape index (κ2) is 7.24. The summed E-state index contributed by atoms with van der Waals surface area (Å²) in [5, 5.41) is 8.77. The minimum Gasteiger partial charge on any atom is -0.335 e. The molecule has 1 heterocycles. The van der Waals surface area contributed by atoms with E-state index in [1.807, 2.05) is 6.92 Å². The molecule has 6 heteroatoms. The highest BCUT2D eigenvalue weighted by Gasteiger charge is 2.12. The van der Waals surface area contributed by atoms with Crippen molar-refractivity contribution < 1.29 is 4.79 Å². The third-order valence-corrected chi connectivity index (χ3v) is 3.84. The fraction of sp³-hybridized carbons (Fsp3) is 0.364. The lowest BCUT2D eigenvalue weighted by Gasteiger charge is -2.18. The second-order valence-corrected chi connectivity index (χ2v) is 5.66. The van der Waals surface area contributed by atoms with E-state index in [9.17, 15) is 4.79 Å². The monoisotopic (exact) mass is 269 g/mol. The highest BCUT2D eigenvalue weighted by Crippen LogP contribution is 2.21. The van der Waals surface area contributed by atoms with Crippen LogP contribution in [0.3, 0.4) is 0 Å². The number of hydrogen-bond donors (Lipinski definition) is 0. The summed E-state index contributed by atoms with van der Waals surface area (Å²) in [7, 11) is 0. The maximum atomic E-state index is 11.9. The number of rotatable bonds is 7. The molecule has 4 nitrogen and oxygen atoms in total. The molecule has 0 aliphatic heterocycles. The Balaban J connectivity index is 2.46. The van der Waals surface area contributed by atoms with Gasteiger partial charge >= 0.3 is 0 Å². The van der Waals surface area contributed by atoms with E-state index in [0.717, 1.165) is 9.35 Å². The Kier molecular flexibility index (Phi) is 5.93. The third kappa shape index (κ3) is 4.70. The molecule has 0 saturated carbocycles. The van der Waals surface area contributed by atoms with Crippen molar-refractivity contribution >= 4 is 29.0 Å². The number of carbonyl (C=O) groups is 1. The molecular weight excluding hydrogens is 254 g/mol. The van der Waals surface area contributed by atoms with Gasteiger partial charge in [-0.25, -0.2) is 0 Å². The van der Waals surface area contributed by atoms with Gasteiger partial charge in [-0.2, -0.15) is 0 Å². The Bertz CT molecular complexity index is 393. The zero-order chi connectivity index (χ0) is 12.7. The van der Waals surface area contributed by atoms with Gasteiger partial charge in [0.05, 0.1) is 5.75 Å². The van der Waals surface area contributed by atoms with Gasteiger partial charge in [-0.1, -0.05) is 35.3 Å². The molecule has 1 aromatic heterocycles. The van der Waals surface area contributed by atoms with Gasteiger partial charge in [0.25, 0.3) is 0 Å². The van der Waals surface area contributed by atoms with E-state index < -0.39 is 0 Å². The van der Waals surface area contributed by atoms with Crippen LogP contribution in [0.25, 0.3) is 0 Å². The summed E-state index contributed by atoms with van der Waals surface area (Å²) in [5.74, 6) is 0.429. The fourth-order valence-corrected chi connectivity index (χ4v) is 2.86. The maximum absolute atomic E-state index is 11.9. The van der Waals surface area contributed by atoms with E-state index in [1.165, 1.54) is 23.1 Å². The molecule has 17 heavy (non-hydrogen) atoms. The van der Waals surface area contributed by atoms with E-state index in [4.69, 9.17) is 0 Å². The molecule has 0 fully saturated rings. The van der Waals surface area contributed by atoms with Crippen molar-refractivity contribution in [3.63, 3.8) is 0 Å². The molecule has 0 aliphatic rings. The quantitative estimate of drug-likeness (QED) is 0.562. The van der Waals surface area contributed by atoms with Gasteiger partial charge in [0.2, 0.25) is 5.91 Å². The van der Waals surface area contributed by atoms with Gasteiger partial charge in [0.15, 0.2) is 4.34 Å². The summed E-state index contributed by atoms with van der Waals surface area (Å²) in [5.41, 5.74) is 0. The SMILES string of the molecule is C=CCN(CC=C)C(=O)CSc1nnc(C)s1. The number of nitrogens with zero attached hydrogens (tertiary/aromatic N) is 3. The van der Waals surface area contributed by atoms with E-state index in [2.05, 4.69) is 23.4 Å². The number of amides is 1. The third-order valence-electron chi connectivity index (χ3n) is 1.88. The van der Waals surface area contributed by atoms with Crippen LogP contribution in [0.5, 0.6) is 0 Å². The molecule has 1 amide bonds. The van der Waals surface area contributed by atoms with Crippen molar-refractivity contribution in [2.24, 2.45) is 0 Å². The van der Waals surface area contributed by atoms with Crippen LogP contribution in [-0.4, -0.2) is 39.8 Å². The summed E-state index contributed by atoms with van der Waals surface area (Å²) < 4.78 is 0.827. The molecule has 0 unspecified atom stereocenters. The van der Waals surface area contributed by atoms with Gasteiger partial charge in [-0.3, -0.25) is 4.79 Å². The zero-order valence-corrected chi connectivity index (χ0v) is 11.4. The summed E-state index contributed by atoms with van der Waals surface area (Å²) in [6, 6.07) is 0. The minimum absolute atomic E-state index is 0.0580. The number of hydrogen-bond acceptors (Lipinski definition) is 5. The first-order valence-corrected chi connectivity index (χ1v) is 6.90. The van der Waals surface area contributed by atoms with Crippen LogP contribution >= 0.6 is 23.1 Å². The smallest absolute Gasteiger partial charge is 0.233 e. The van der Waals surface area contributed by atoms with Gasteiger partial charge in [0.1, 0.15) is 5.01 Å². The molecule has 1 aromatic rings. The van der Waals surface area contributed by atoms with Crippen LogP contribution in [0.1, 0.15) is 5.01 Å². The number of thioether (sulfide) groups is 1. The van der Waals surface area contributed by atoms with E-state index in [0.29, 0.717) is 18.8 Å². The molecule has 0 bridgehead atoms. The van der Waals surface area contributed by atoms with Gasteiger partial charge in [0, 0.05) is 13.1 Å². The predicted octanol–water partition coefficient (Wildman–Crippen LogP) is 2.14. The molecule has 0 atom stereocenters. The number of aryl methyl sites for hydroxylation is 1. The normalized spacial score (nSPS) is 9.94. The summed E-state index contributed by atoms with van der Waals surface area (Å²) >= 11 is 2.91. The molecule has 0 N–H and O–H groups in total. The van der Waals surface area contributed by atoms with Crippen molar-refractivity contribution in [3.8, 4) is 0 Å². The zero-order valence-electron chi connectivity index (χ0n) is 9.76. The molecule has 1 rings (SSSR count). The average molecular weight is 269 g/mol. The largest absolute Gasteiger partial charge is 0.335 e. The highest BCUT2D eigenvalue weighted by atomic mass is 32.2. The van der Waals surface area contributed by atoms with Crippen molar-refractivity contribution in [3.05, 3.63) is 30.3 Å². The Morgan fingerprint density at radius 3 is 2.53 bits per heavy atom. The first-order valence-electron chi connectivity index (χ1n) is 5.09. The van der Waals surface area contributed by atoms with Crippen LogP contribution in [-0.2, 0) is 4.79 Å².